The predicted octanol–water partition coefficient (Wildman–Crippen LogP) is 5.43. The van der Waals surface area contributed by atoms with Crippen LogP contribution in [0.5, 0.6) is 0 Å². The average molecular weight is 280 g/mol. The molecule has 0 bridgehead atoms. The summed E-state index contributed by atoms with van der Waals surface area (Å²) in [6.45, 7) is 12.5. The molecule has 1 N–H and O–H groups in total. The number of aliphatic hydroxyl groups excluding tert-OH is 1. The number of hydrogen-bond donors (Lipinski definition) is 1. The lowest BCUT2D eigenvalue weighted by Gasteiger charge is -2.35. The van der Waals surface area contributed by atoms with E-state index in [-0.39, 0.29) is 17.1 Å². The zero-order valence-corrected chi connectivity index (χ0v) is 14.2. The highest BCUT2D eigenvalue weighted by Gasteiger charge is 2.34. The minimum absolute atomic E-state index is 0.129. The van der Waals surface area contributed by atoms with Crippen LogP contribution in [0, 0.1) is 16.7 Å². The van der Waals surface area contributed by atoms with Crippen LogP contribution in [0.15, 0.2) is 11.3 Å². The molecular formula is C18H32O2. The fraction of sp³-hybridized carbons (Fsp3) is 0.833. The largest absolute Gasteiger partial charge is 0.512 e. The van der Waals surface area contributed by atoms with E-state index >= 15 is 0 Å². The van der Waals surface area contributed by atoms with Crippen molar-refractivity contribution < 1.29 is 9.90 Å². The van der Waals surface area contributed by atoms with Gasteiger partial charge in [0.05, 0.1) is 0 Å². The van der Waals surface area contributed by atoms with Crippen LogP contribution in [0.1, 0.15) is 80.1 Å². The molecule has 1 aliphatic carbocycles. The van der Waals surface area contributed by atoms with Gasteiger partial charge in [0.2, 0.25) is 0 Å². The standard InChI is InChI=1S/C18H32O2/c1-7-18(6,8-2)16(20)13(3)15(19)14-9-11-17(4,5)12-10-14/h14,19H,7-12H2,1-6H3/b15-13-. The monoisotopic (exact) mass is 280 g/mol. The van der Waals surface area contributed by atoms with Gasteiger partial charge in [-0.2, -0.15) is 0 Å². The van der Waals surface area contributed by atoms with Gasteiger partial charge >= 0.3 is 0 Å². The van der Waals surface area contributed by atoms with Crippen molar-refractivity contribution in [3.63, 3.8) is 0 Å². The maximum atomic E-state index is 12.6. The molecule has 0 spiro atoms. The number of aliphatic hydroxyl groups is 1. The van der Waals surface area contributed by atoms with Crippen LogP contribution in [-0.4, -0.2) is 10.9 Å². The minimum Gasteiger partial charge on any atom is -0.512 e. The van der Waals surface area contributed by atoms with Crippen LogP contribution in [-0.2, 0) is 4.79 Å². The highest BCUT2D eigenvalue weighted by molar-refractivity contribution is 5.99. The summed E-state index contributed by atoms with van der Waals surface area (Å²) in [6, 6.07) is 0. The molecule has 0 atom stereocenters. The van der Waals surface area contributed by atoms with E-state index in [0.717, 1.165) is 38.5 Å². The quantitative estimate of drug-likeness (QED) is 0.538. The van der Waals surface area contributed by atoms with Crippen molar-refractivity contribution in [2.75, 3.05) is 0 Å². The van der Waals surface area contributed by atoms with E-state index in [9.17, 15) is 9.90 Å². The van der Waals surface area contributed by atoms with Gasteiger partial charge in [0.15, 0.2) is 5.78 Å². The molecule has 0 radical (unpaired) electrons. The molecule has 0 saturated heterocycles. The van der Waals surface area contributed by atoms with E-state index in [1.807, 2.05) is 6.92 Å². The molecule has 1 rings (SSSR count). The van der Waals surface area contributed by atoms with Crippen molar-refractivity contribution >= 4 is 5.78 Å². The summed E-state index contributed by atoms with van der Waals surface area (Å²) >= 11 is 0. The summed E-state index contributed by atoms with van der Waals surface area (Å²) in [5, 5.41) is 10.5. The topological polar surface area (TPSA) is 37.3 Å². The third-order valence-corrected chi connectivity index (χ3v) is 5.56. The van der Waals surface area contributed by atoms with Crippen molar-refractivity contribution in [1.29, 1.82) is 0 Å². The number of Topliss-reactive ketones (excluding diaryl/α,β-unsaturated/α-hetero) is 1. The third kappa shape index (κ3) is 3.65. The first-order valence-electron chi connectivity index (χ1n) is 8.11. The molecule has 2 nitrogen and oxygen atoms in total. The Balaban J connectivity index is 2.88. The zero-order chi connectivity index (χ0) is 15.6. The van der Waals surface area contributed by atoms with Crippen LogP contribution < -0.4 is 0 Å². The van der Waals surface area contributed by atoms with Gasteiger partial charge in [-0.3, -0.25) is 4.79 Å². The number of carbonyl (C=O) groups is 1. The van der Waals surface area contributed by atoms with Crippen LogP contribution in [0.2, 0.25) is 0 Å². The Morgan fingerprint density at radius 2 is 1.65 bits per heavy atom. The smallest absolute Gasteiger partial charge is 0.167 e. The van der Waals surface area contributed by atoms with Gasteiger partial charge < -0.3 is 5.11 Å². The van der Waals surface area contributed by atoms with Crippen LogP contribution >= 0.6 is 0 Å². The van der Waals surface area contributed by atoms with Gasteiger partial charge in [0.1, 0.15) is 5.76 Å². The summed E-state index contributed by atoms with van der Waals surface area (Å²) in [5.41, 5.74) is 0.656. The van der Waals surface area contributed by atoms with E-state index < -0.39 is 0 Å². The van der Waals surface area contributed by atoms with Crippen molar-refractivity contribution in [2.24, 2.45) is 16.7 Å². The molecule has 0 amide bonds. The second-order valence-electron chi connectivity index (χ2n) is 7.55. The van der Waals surface area contributed by atoms with Gasteiger partial charge in [-0.15, -0.1) is 0 Å². The molecule has 1 fully saturated rings. The SMILES string of the molecule is CCC(C)(CC)C(=O)/C(C)=C(\O)C1CCC(C)(C)CC1. The maximum absolute atomic E-state index is 12.6. The lowest BCUT2D eigenvalue weighted by atomic mass is 9.71. The molecule has 0 aromatic rings. The van der Waals surface area contributed by atoms with Crippen LogP contribution in [0.4, 0.5) is 0 Å². The van der Waals surface area contributed by atoms with Crippen molar-refractivity contribution in [3.8, 4) is 0 Å². The van der Waals surface area contributed by atoms with Gasteiger partial charge in [-0.1, -0.05) is 34.6 Å². The molecule has 0 aliphatic heterocycles. The third-order valence-electron chi connectivity index (χ3n) is 5.56. The second kappa shape index (κ2) is 6.32. The Morgan fingerprint density at radius 3 is 2.05 bits per heavy atom. The van der Waals surface area contributed by atoms with Gasteiger partial charge in [-0.25, -0.2) is 0 Å². The van der Waals surface area contributed by atoms with E-state index in [1.165, 1.54) is 0 Å². The fourth-order valence-corrected chi connectivity index (χ4v) is 3.12. The zero-order valence-electron chi connectivity index (χ0n) is 14.2. The summed E-state index contributed by atoms with van der Waals surface area (Å²) in [6.07, 6.45) is 5.90. The molecular weight excluding hydrogens is 248 g/mol. The molecule has 116 valence electrons. The second-order valence-corrected chi connectivity index (χ2v) is 7.55. The highest BCUT2D eigenvalue weighted by Crippen LogP contribution is 2.41. The molecule has 0 heterocycles. The Hall–Kier alpha value is -0.790. The van der Waals surface area contributed by atoms with E-state index in [4.69, 9.17) is 0 Å². The summed E-state index contributed by atoms with van der Waals surface area (Å²) in [5.74, 6) is 0.674. The molecule has 20 heavy (non-hydrogen) atoms. The van der Waals surface area contributed by atoms with Crippen molar-refractivity contribution in [1.82, 2.24) is 0 Å². The molecule has 0 aromatic heterocycles. The van der Waals surface area contributed by atoms with Crippen LogP contribution in [0.25, 0.3) is 0 Å². The molecule has 1 aliphatic rings. The van der Waals surface area contributed by atoms with Crippen molar-refractivity contribution in [2.45, 2.75) is 80.1 Å². The number of allylic oxidation sites excluding steroid dienone is 2. The number of carbonyl (C=O) groups excluding carboxylic acids is 1. The Kier molecular flexibility index (Phi) is 5.46. The Bertz CT molecular complexity index is 376. The van der Waals surface area contributed by atoms with Gasteiger partial charge in [0.25, 0.3) is 0 Å². The molecule has 0 unspecified atom stereocenters. The highest BCUT2D eigenvalue weighted by atomic mass is 16.3. The maximum Gasteiger partial charge on any atom is 0.167 e. The minimum atomic E-state index is -0.327. The Labute approximate surface area is 124 Å². The van der Waals surface area contributed by atoms with E-state index in [1.54, 1.807) is 6.92 Å². The first kappa shape index (κ1) is 17.3. The van der Waals surface area contributed by atoms with E-state index in [0.29, 0.717) is 16.7 Å². The Morgan fingerprint density at radius 1 is 1.20 bits per heavy atom. The molecule has 0 aromatic carbocycles. The van der Waals surface area contributed by atoms with Gasteiger partial charge in [-0.05, 0) is 50.9 Å². The summed E-state index contributed by atoms with van der Waals surface area (Å²) in [4.78, 5) is 12.6. The van der Waals surface area contributed by atoms with E-state index in [2.05, 4.69) is 27.7 Å². The number of rotatable bonds is 5. The lowest BCUT2D eigenvalue weighted by molar-refractivity contribution is -0.124. The molecule has 1 saturated carbocycles. The first-order valence-corrected chi connectivity index (χ1v) is 8.11. The summed E-state index contributed by atoms with van der Waals surface area (Å²) < 4.78 is 0. The normalized spacial score (nSPS) is 21.5. The average Bonchev–Trinajstić information content (AvgIpc) is 2.44. The fourth-order valence-electron chi connectivity index (χ4n) is 3.12. The lowest BCUT2D eigenvalue weighted by Crippen LogP contribution is -2.29. The summed E-state index contributed by atoms with van der Waals surface area (Å²) in [7, 11) is 0. The molecule has 2 heteroatoms. The van der Waals surface area contributed by atoms with Crippen LogP contribution in [0.3, 0.4) is 0 Å². The number of hydrogen-bond acceptors (Lipinski definition) is 2. The predicted molar refractivity (Wildman–Crippen MR) is 84.8 cm³/mol. The number of ketones is 1. The van der Waals surface area contributed by atoms with Crippen molar-refractivity contribution in [3.05, 3.63) is 11.3 Å². The van der Waals surface area contributed by atoms with Gasteiger partial charge in [0, 0.05) is 16.9 Å². The first-order chi connectivity index (χ1) is 9.17.